The van der Waals surface area contributed by atoms with Gasteiger partial charge in [-0.2, -0.15) is 0 Å². The van der Waals surface area contributed by atoms with Gasteiger partial charge in [-0.05, 0) is 44.8 Å². The molecule has 1 N–H and O–H groups in total. The van der Waals surface area contributed by atoms with Gasteiger partial charge in [-0.15, -0.1) is 0 Å². The van der Waals surface area contributed by atoms with Gasteiger partial charge in [-0.3, -0.25) is 4.79 Å². The summed E-state index contributed by atoms with van der Waals surface area (Å²) in [5.74, 6) is -0.402. The molecule has 0 aliphatic carbocycles. The Kier molecular flexibility index (Phi) is 6.42. The van der Waals surface area contributed by atoms with E-state index in [1.165, 1.54) is 7.11 Å². The second-order valence-electron chi connectivity index (χ2n) is 5.93. The van der Waals surface area contributed by atoms with Gasteiger partial charge in [0, 0.05) is 13.0 Å². The molecule has 1 saturated heterocycles. The maximum Gasteiger partial charge on any atom is 0.305 e. The fourth-order valence-electron chi connectivity index (χ4n) is 2.20. The highest BCUT2D eigenvalue weighted by Gasteiger charge is 2.30. The highest BCUT2D eigenvalue weighted by molar-refractivity contribution is 7.89. The van der Waals surface area contributed by atoms with Crippen LogP contribution in [0.25, 0.3) is 0 Å². The van der Waals surface area contributed by atoms with E-state index in [9.17, 15) is 13.2 Å². The molecule has 0 radical (unpaired) electrons. The lowest BCUT2D eigenvalue weighted by atomic mass is 9.81. The average molecular weight is 306 g/mol. The number of esters is 1. The summed E-state index contributed by atoms with van der Waals surface area (Å²) in [6.45, 7) is 4.60. The van der Waals surface area contributed by atoms with Crippen molar-refractivity contribution in [3.63, 3.8) is 0 Å². The number of methoxy groups -OCH3 is 1. The molecule has 0 aromatic rings. The van der Waals surface area contributed by atoms with Crippen LogP contribution in [0.4, 0.5) is 0 Å². The zero-order valence-corrected chi connectivity index (χ0v) is 13.5. The molecule has 20 heavy (non-hydrogen) atoms. The standard InChI is InChI=1S/C13H26N2O4S/c1-13(6-8-15(2)9-7-13)11-14-20(17,18)10-4-5-12(16)19-3/h14H,4-11H2,1-3H3. The van der Waals surface area contributed by atoms with E-state index in [0.29, 0.717) is 13.0 Å². The molecule has 6 nitrogen and oxygen atoms in total. The van der Waals surface area contributed by atoms with Crippen molar-refractivity contribution in [1.82, 2.24) is 9.62 Å². The summed E-state index contributed by atoms with van der Waals surface area (Å²) in [7, 11) is 0.0736. The minimum Gasteiger partial charge on any atom is -0.469 e. The van der Waals surface area contributed by atoms with Gasteiger partial charge in [0.25, 0.3) is 0 Å². The third kappa shape index (κ3) is 6.19. The number of ether oxygens (including phenoxy) is 1. The minimum absolute atomic E-state index is 0.0297. The molecular formula is C13H26N2O4S. The number of likely N-dealkylation sites (tertiary alicyclic amines) is 1. The van der Waals surface area contributed by atoms with Gasteiger partial charge in [0.05, 0.1) is 12.9 Å². The lowest BCUT2D eigenvalue weighted by Gasteiger charge is -2.37. The Morgan fingerprint density at radius 2 is 1.95 bits per heavy atom. The third-order valence-corrected chi connectivity index (χ3v) is 5.34. The van der Waals surface area contributed by atoms with Gasteiger partial charge in [-0.25, -0.2) is 13.1 Å². The molecule has 1 rings (SSSR count). The molecule has 0 spiro atoms. The van der Waals surface area contributed by atoms with Crippen molar-refractivity contribution in [1.29, 1.82) is 0 Å². The van der Waals surface area contributed by atoms with Crippen LogP contribution >= 0.6 is 0 Å². The SMILES string of the molecule is COC(=O)CCCS(=O)(=O)NCC1(C)CCN(C)CC1. The van der Waals surface area contributed by atoms with Crippen molar-refractivity contribution in [3.8, 4) is 0 Å². The quantitative estimate of drug-likeness (QED) is 0.697. The minimum atomic E-state index is -3.31. The molecule has 0 aromatic heterocycles. The Morgan fingerprint density at radius 1 is 1.35 bits per heavy atom. The number of piperidine rings is 1. The van der Waals surface area contributed by atoms with E-state index < -0.39 is 10.0 Å². The first kappa shape index (κ1) is 17.4. The van der Waals surface area contributed by atoms with Crippen LogP contribution in [-0.2, 0) is 19.6 Å². The molecule has 0 amide bonds. The Bertz CT molecular complexity index is 414. The zero-order valence-electron chi connectivity index (χ0n) is 12.6. The van der Waals surface area contributed by atoms with Crippen LogP contribution in [0.15, 0.2) is 0 Å². The first-order valence-corrected chi connectivity index (χ1v) is 8.64. The average Bonchev–Trinajstić information content (AvgIpc) is 2.40. The van der Waals surface area contributed by atoms with E-state index in [4.69, 9.17) is 0 Å². The van der Waals surface area contributed by atoms with Crippen LogP contribution in [0.5, 0.6) is 0 Å². The molecule has 0 unspecified atom stereocenters. The van der Waals surface area contributed by atoms with Crippen LogP contribution in [0.1, 0.15) is 32.6 Å². The van der Waals surface area contributed by atoms with Crippen LogP contribution < -0.4 is 4.72 Å². The van der Waals surface area contributed by atoms with E-state index in [1.807, 2.05) is 0 Å². The van der Waals surface area contributed by atoms with Crippen LogP contribution in [0.2, 0.25) is 0 Å². The molecule has 0 aromatic carbocycles. The lowest BCUT2D eigenvalue weighted by Crippen LogP contribution is -2.43. The van der Waals surface area contributed by atoms with Gasteiger partial charge < -0.3 is 9.64 Å². The summed E-state index contributed by atoms with van der Waals surface area (Å²) < 4.78 is 30.9. The van der Waals surface area contributed by atoms with E-state index in [0.717, 1.165) is 25.9 Å². The highest BCUT2D eigenvalue weighted by atomic mass is 32.2. The first-order valence-electron chi connectivity index (χ1n) is 6.99. The monoisotopic (exact) mass is 306 g/mol. The molecule has 0 saturated carbocycles. The molecule has 7 heteroatoms. The molecule has 0 atom stereocenters. The summed E-state index contributed by atoms with van der Waals surface area (Å²) in [6.07, 6.45) is 2.42. The summed E-state index contributed by atoms with van der Waals surface area (Å²) >= 11 is 0. The third-order valence-electron chi connectivity index (χ3n) is 3.93. The topological polar surface area (TPSA) is 75.7 Å². The van der Waals surface area contributed by atoms with Crippen molar-refractivity contribution >= 4 is 16.0 Å². The maximum absolute atomic E-state index is 11.9. The highest BCUT2D eigenvalue weighted by Crippen LogP contribution is 2.29. The number of hydrogen-bond acceptors (Lipinski definition) is 5. The van der Waals surface area contributed by atoms with Gasteiger partial charge in [-0.1, -0.05) is 6.92 Å². The number of nitrogens with one attached hydrogen (secondary N) is 1. The summed E-state index contributed by atoms with van der Waals surface area (Å²) in [5, 5.41) is 0. The van der Waals surface area contributed by atoms with E-state index in [2.05, 4.69) is 28.3 Å². The fourth-order valence-corrected chi connectivity index (χ4v) is 3.44. The predicted octanol–water partition coefficient (Wildman–Crippen LogP) is 0.591. The van der Waals surface area contributed by atoms with Crippen LogP contribution in [0.3, 0.4) is 0 Å². The van der Waals surface area contributed by atoms with E-state index >= 15 is 0 Å². The second-order valence-corrected chi connectivity index (χ2v) is 7.86. The summed E-state index contributed by atoms with van der Waals surface area (Å²) in [5.41, 5.74) is 0.0297. The predicted molar refractivity (Wildman–Crippen MR) is 77.9 cm³/mol. The largest absolute Gasteiger partial charge is 0.469 e. The number of hydrogen-bond donors (Lipinski definition) is 1. The lowest BCUT2D eigenvalue weighted by molar-refractivity contribution is -0.140. The summed E-state index contributed by atoms with van der Waals surface area (Å²) in [4.78, 5) is 13.2. The van der Waals surface area contributed by atoms with Gasteiger partial charge in [0.15, 0.2) is 0 Å². The molecular weight excluding hydrogens is 280 g/mol. The Labute approximate surface area is 121 Å². The number of carbonyl (C=O) groups excluding carboxylic acids is 1. The fraction of sp³-hybridized carbons (Fsp3) is 0.923. The van der Waals surface area contributed by atoms with Crippen molar-refractivity contribution in [2.24, 2.45) is 5.41 Å². The normalized spacial score (nSPS) is 19.8. The molecule has 1 heterocycles. The Hall–Kier alpha value is -0.660. The molecule has 1 aliphatic rings. The van der Waals surface area contributed by atoms with Gasteiger partial charge >= 0.3 is 5.97 Å². The number of carbonyl (C=O) groups is 1. The number of rotatable bonds is 7. The Balaban J connectivity index is 2.33. The molecule has 0 bridgehead atoms. The number of nitrogens with zero attached hydrogens (tertiary/aromatic N) is 1. The van der Waals surface area contributed by atoms with E-state index in [1.54, 1.807) is 0 Å². The van der Waals surface area contributed by atoms with Crippen LogP contribution in [-0.4, -0.2) is 58.8 Å². The first-order chi connectivity index (χ1) is 9.26. The van der Waals surface area contributed by atoms with Crippen molar-refractivity contribution < 1.29 is 17.9 Å². The van der Waals surface area contributed by atoms with Gasteiger partial charge in [0.1, 0.15) is 0 Å². The maximum atomic E-state index is 11.9. The zero-order chi connectivity index (χ0) is 15.2. The van der Waals surface area contributed by atoms with E-state index in [-0.39, 0.29) is 23.6 Å². The van der Waals surface area contributed by atoms with Crippen molar-refractivity contribution in [2.45, 2.75) is 32.6 Å². The molecule has 1 aliphatic heterocycles. The molecule has 1 fully saturated rings. The van der Waals surface area contributed by atoms with Crippen LogP contribution in [0, 0.1) is 5.41 Å². The molecule has 118 valence electrons. The smallest absolute Gasteiger partial charge is 0.305 e. The second kappa shape index (κ2) is 7.38. The van der Waals surface area contributed by atoms with Crippen molar-refractivity contribution in [2.75, 3.05) is 39.5 Å². The number of sulfonamides is 1. The summed E-state index contributed by atoms with van der Waals surface area (Å²) in [6, 6.07) is 0. The van der Waals surface area contributed by atoms with Gasteiger partial charge in [0.2, 0.25) is 10.0 Å². The van der Waals surface area contributed by atoms with Crippen molar-refractivity contribution in [3.05, 3.63) is 0 Å². The Morgan fingerprint density at radius 3 is 2.50 bits per heavy atom.